The number of alkyl carbamates (subject to hydrolysis) is 1. The third-order valence-electron chi connectivity index (χ3n) is 5.00. The van der Waals surface area contributed by atoms with Crippen molar-refractivity contribution in [3.63, 3.8) is 0 Å². The Morgan fingerprint density at radius 2 is 1.58 bits per heavy atom. The van der Waals surface area contributed by atoms with Crippen molar-refractivity contribution in [2.45, 2.75) is 64.9 Å². The number of amides is 1. The Bertz CT molecular complexity index is 322. The molecule has 0 aliphatic heterocycles. The van der Waals surface area contributed by atoms with Crippen molar-refractivity contribution in [2.24, 2.45) is 16.6 Å². The van der Waals surface area contributed by atoms with Crippen LogP contribution in [0.25, 0.3) is 0 Å². The molecule has 0 aromatic heterocycles. The SMILES string of the molecule is CC(C)(C)OC(=O)NCC12CCC(CN)(CC1)CC2. The molecule has 2 bridgehead atoms. The zero-order chi connectivity index (χ0) is 14.1. The van der Waals surface area contributed by atoms with Crippen molar-refractivity contribution in [3.8, 4) is 0 Å². The van der Waals surface area contributed by atoms with Gasteiger partial charge < -0.3 is 15.8 Å². The van der Waals surface area contributed by atoms with Crippen LogP contribution in [0.1, 0.15) is 59.3 Å². The minimum Gasteiger partial charge on any atom is -0.444 e. The molecule has 0 unspecified atom stereocenters. The topological polar surface area (TPSA) is 64.3 Å². The normalized spacial score (nSPS) is 34.1. The average molecular weight is 268 g/mol. The molecule has 3 rings (SSSR count). The molecule has 3 aliphatic carbocycles. The average Bonchev–Trinajstić information content (AvgIpc) is 2.37. The molecule has 110 valence electrons. The molecule has 19 heavy (non-hydrogen) atoms. The molecule has 0 aromatic rings. The maximum Gasteiger partial charge on any atom is 0.407 e. The van der Waals surface area contributed by atoms with Gasteiger partial charge in [0.05, 0.1) is 0 Å². The van der Waals surface area contributed by atoms with E-state index in [1.165, 1.54) is 38.5 Å². The van der Waals surface area contributed by atoms with Crippen molar-refractivity contribution < 1.29 is 9.53 Å². The highest BCUT2D eigenvalue weighted by molar-refractivity contribution is 5.67. The fraction of sp³-hybridized carbons (Fsp3) is 0.933. The molecule has 3 fully saturated rings. The van der Waals surface area contributed by atoms with E-state index in [1.807, 2.05) is 20.8 Å². The lowest BCUT2D eigenvalue weighted by Gasteiger charge is -2.53. The van der Waals surface area contributed by atoms with E-state index in [4.69, 9.17) is 10.5 Å². The van der Waals surface area contributed by atoms with Gasteiger partial charge in [0, 0.05) is 6.54 Å². The van der Waals surface area contributed by atoms with Crippen molar-refractivity contribution in [2.75, 3.05) is 13.1 Å². The van der Waals surface area contributed by atoms with E-state index in [0.29, 0.717) is 10.8 Å². The first kappa shape index (κ1) is 14.6. The highest BCUT2D eigenvalue weighted by Gasteiger charge is 2.47. The van der Waals surface area contributed by atoms with E-state index in [9.17, 15) is 4.79 Å². The first-order chi connectivity index (χ1) is 8.78. The zero-order valence-electron chi connectivity index (χ0n) is 12.6. The van der Waals surface area contributed by atoms with Gasteiger partial charge in [-0.25, -0.2) is 4.79 Å². The third-order valence-corrected chi connectivity index (χ3v) is 5.00. The van der Waals surface area contributed by atoms with Crippen LogP contribution in [0.4, 0.5) is 4.79 Å². The lowest BCUT2D eigenvalue weighted by Crippen LogP contribution is -2.50. The standard InChI is InChI=1S/C15H28N2O2/c1-13(2,3)19-12(18)17-11-15-7-4-14(10-16,5-8-15)6-9-15/h4-11,16H2,1-3H3,(H,17,18). The summed E-state index contributed by atoms with van der Waals surface area (Å²) in [6, 6.07) is 0. The first-order valence-corrected chi connectivity index (χ1v) is 7.45. The summed E-state index contributed by atoms with van der Waals surface area (Å²) in [5.41, 5.74) is 6.21. The Kier molecular flexibility index (Phi) is 3.83. The number of hydrogen-bond donors (Lipinski definition) is 2. The largest absolute Gasteiger partial charge is 0.444 e. The molecule has 4 nitrogen and oxygen atoms in total. The fourth-order valence-corrected chi connectivity index (χ4v) is 3.49. The predicted molar refractivity (Wildman–Crippen MR) is 75.9 cm³/mol. The van der Waals surface area contributed by atoms with Crippen LogP contribution < -0.4 is 11.1 Å². The monoisotopic (exact) mass is 268 g/mol. The highest BCUT2D eigenvalue weighted by atomic mass is 16.6. The molecule has 0 radical (unpaired) electrons. The van der Waals surface area contributed by atoms with Crippen LogP contribution in [-0.4, -0.2) is 24.8 Å². The van der Waals surface area contributed by atoms with Crippen LogP contribution in [0.15, 0.2) is 0 Å². The Hall–Kier alpha value is -0.770. The molecule has 0 heterocycles. The Balaban J connectivity index is 1.83. The summed E-state index contributed by atoms with van der Waals surface area (Å²) in [5.74, 6) is 0. The van der Waals surface area contributed by atoms with Crippen molar-refractivity contribution >= 4 is 6.09 Å². The Morgan fingerprint density at radius 3 is 2.00 bits per heavy atom. The van der Waals surface area contributed by atoms with Gasteiger partial charge >= 0.3 is 6.09 Å². The molecule has 3 N–H and O–H groups in total. The number of nitrogens with two attached hydrogens (primary N) is 1. The maximum atomic E-state index is 11.7. The molecule has 0 saturated heterocycles. The predicted octanol–water partition coefficient (Wildman–Crippen LogP) is 2.81. The number of nitrogens with one attached hydrogen (secondary N) is 1. The minimum absolute atomic E-state index is 0.289. The molecular formula is C15H28N2O2. The summed E-state index contributed by atoms with van der Waals surface area (Å²) in [6.07, 6.45) is 6.96. The fourth-order valence-electron chi connectivity index (χ4n) is 3.49. The first-order valence-electron chi connectivity index (χ1n) is 7.45. The second-order valence-corrected chi connectivity index (χ2v) is 7.56. The second kappa shape index (κ2) is 4.97. The molecule has 4 heteroatoms. The van der Waals surface area contributed by atoms with Gasteiger partial charge in [-0.1, -0.05) is 0 Å². The number of fused-ring (bicyclic) bond motifs is 3. The molecule has 0 atom stereocenters. The number of carbonyl (C=O) groups excluding carboxylic acids is 1. The van der Waals surface area contributed by atoms with Crippen LogP contribution in [0.5, 0.6) is 0 Å². The van der Waals surface area contributed by atoms with Crippen LogP contribution in [0.2, 0.25) is 0 Å². The van der Waals surface area contributed by atoms with Crippen LogP contribution >= 0.6 is 0 Å². The van der Waals surface area contributed by atoms with Crippen molar-refractivity contribution in [1.29, 1.82) is 0 Å². The van der Waals surface area contributed by atoms with E-state index in [1.54, 1.807) is 0 Å². The molecule has 0 spiro atoms. The van der Waals surface area contributed by atoms with Gasteiger partial charge in [0.15, 0.2) is 0 Å². The summed E-state index contributed by atoms with van der Waals surface area (Å²) < 4.78 is 5.30. The van der Waals surface area contributed by atoms with Gasteiger partial charge in [-0.3, -0.25) is 0 Å². The van der Waals surface area contributed by atoms with Gasteiger partial charge in [-0.05, 0) is 76.7 Å². The zero-order valence-corrected chi connectivity index (χ0v) is 12.6. The van der Waals surface area contributed by atoms with Gasteiger partial charge in [0.25, 0.3) is 0 Å². The van der Waals surface area contributed by atoms with E-state index in [2.05, 4.69) is 5.32 Å². The van der Waals surface area contributed by atoms with Crippen LogP contribution in [0, 0.1) is 10.8 Å². The Morgan fingerprint density at radius 1 is 1.11 bits per heavy atom. The summed E-state index contributed by atoms with van der Waals surface area (Å²) >= 11 is 0. The lowest BCUT2D eigenvalue weighted by molar-refractivity contribution is -0.00583. The molecule has 3 saturated carbocycles. The Labute approximate surface area is 116 Å². The van der Waals surface area contributed by atoms with E-state index < -0.39 is 5.60 Å². The van der Waals surface area contributed by atoms with Gasteiger partial charge in [0.2, 0.25) is 0 Å². The smallest absolute Gasteiger partial charge is 0.407 e. The summed E-state index contributed by atoms with van der Waals surface area (Å²) in [5, 5.41) is 2.96. The highest BCUT2D eigenvalue weighted by Crippen LogP contribution is 2.56. The molecule has 3 aliphatic rings. The quantitative estimate of drug-likeness (QED) is 0.827. The lowest BCUT2D eigenvalue weighted by atomic mass is 9.54. The number of rotatable bonds is 3. The summed E-state index contributed by atoms with van der Waals surface area (Å²) in [4.78, 5) is 11.7. The molecular weight excluding hydrogens is 240 g/mol. The van der Waals surface area contributed by atoms with Crippen molar-refractivity contribution in [1.82, 2.24) is 5.32 Å². The maximum absolute atomic E-state index is 11.7. The number of carbonyl (C=O) groups is 1. The van der Waals surface area contributed by atoms with E-state index >= 15 is 0 Å². The van der Waals surface area contributed by atoms with Crippen molar-refractivity contribution in [3.05, 3.63) is 0 Å². The second-order valence-electron chi connectivity index (χ2n) is 7.56. The van der Waals surface area contributed by atoms with Gasteiger partial charge in [-0.15, -0.1) is 0 Å². The van der Waals surface area contributed by atoms with Crippen LogP contribution in [0.3, 0.4) is 0 Å². The third kappa shape index (κ3) is 3.41. The van der Waals surface area contributed by atoms with Gasteiger partial charge in [-0.2, -0.15) is 0 Å². The van der Waals surface area contributed by atoms with Gasteiger partial charge in [0.1, 0.15) is 5.60 Å². The van der Waals surface area contributed by atoms with Crippen LogP contribution in [-0.2, 0) is 4.74 Å². The minimum atomic E-state index is -0.421. The van der Waals surface area contributed by atoms with E-state index in [0.717, 1.165) is 13.1 Å². The number of hydrogen-bond acceptors (Lipinski definition) is 3. The summed E-state index contributed by atoms with van der Waals surface area (Å²) in [6.45, 7) is 7.25. The molecule has 0 aromatic carbocycles. The molecule has 1 amide bonds. The van der Waals surface area contributed by atoms with E-state index in [-0.39, 0.29) is 6.09 Å². The number of ether oxygens (including phenoxy) is 1. The summed E-state index contributed by atoms with van der Waals surface area (Å²) in [7, 11) is 0.